The summed E-state index contributed by atoms with van der Waals surface area (Å²) in [5, 5.41) is 6.49. The van der Waals surface area contributed by atoms with E-state index < -0.39 is 10.0 Å². The van der Waals surface area contributed by atoms with Crippen LogP contribution in [0, 0.1) is 0 Å². The molecule has 10 heteroatoms. The maximum Gasteiger partial charge on any atom is 0.218 e. The molecule has 1 heterocycles. The number of thioether (sulfide) groups is 1. The zero-order valence-corrected chi connectivity index (χ0v) is 19.8. The molecule has 0 aliphatic carbocycles. The molecule has 7 nitrogen and oxygen atoms in total. The highest BCUT2D eigenvalue weighted by Gasteiger charge is 2.25. The van der Waals surface area contributed by atoms with Gasteiger partial charge in [0.2, 0.25) is 10.0 Å². The molecular formula is C17H29IN4O3S2. The molecular weight excluding hydrogens is 499 g/mol. The SMILES string of the molecule is CN=C(NCCSC)NCc1ccccc1CS(=O)(=O)N1CCOCC1.I. The number of morpholine rings is 1. The fraction of sp³-hybridized carbons (Fsp3) is 0.588. The number of aliphatic imine (C=N–C) groups is 1. The lowest BCUT2D eigenvalue weighted by Gasteiger charge is -2.26. The van der Waals surface area contributed by atoms with E-state index in [9.17, 15) is 8.42 Å². The van der Waals surface area contributed by atoms with Gasteiger partial charge < -0.3 is 15.4 Å². The van der Waals surface area contributed by atoms with Gasteiger partial charge in [0.25, 0.3) is 0 Å². The van der Waals surface area contributed by atoms with Crippen molar-refractivity contribution in [3.8, 4) is 0 Å². The summed E-state index contributed by atoms with van der Waals surface area (Å²) in [6, 6.07) is 7.62. The first-order chi connectivity index (χ1) is 12.6. The maximum absolute atomic E-state index is 12.7. The second-order valence-corrected chi connectivity index (χ2v) is 8.84. The molecule has 0 bridgehead atoms. The first-order valence-electron chi connectivity index (χ1n) is 8.62. The van der Waals surface area contributed by atoms with Crippen LogP contribution in [0.1, 0.15) is 11.1 Å². The third-order valence-corrected chi connectivity index (χ3v) is 6.53. The fourth-order valence-electron chi connectivity index (χ4n) is 2.65. The van der Waals surface area contributed by atoms with Gasteiger partial charge >= 0.3 is 0 Å². The molecule has 2 rings (SSSR count). The van der Waals surface area contributed by atoms with E-state index in [4.69, 9.17) is 4.74 Å². The Hall–Kier alpha value is -0.560. The Morgan fingerprint density at radius 2 is 1.89 bits per heavy atom. The second kappa shape index (κ2) is 12.8. The molecule has 1 fully saturated rings. The van der Waals surface area contributed by atoms with E-state index in [2.05, 4.69) is 21.9 Å². The van der Waals surface area contributed by atoms with Crippen LogP contribution in [-0.4, -0.2) is 70.6 Å². The fourth-order valence-corrected chi connectivity index (χ4v) is 4.52. The number of rotatable bonds is 8. The Kier molecular flexibility index (Phi) is 11.6. The van der Waals surface area contributed by atoms with Gasteiger partial charge in [0.15, 0.2) is 5.96 Å². The van der Waals surface area contributed by atoms with E-state index >= 15 is 0 Å². The van der Waals surface area contributed by atoms with E-state index in [0.29, 0.717) is 38.8 Å². The zero-order chi connectivity index (χ0) is 18.8. The molecule has 1 aromatic carbocycles. The van der Waals surface area contributed by atoms with E-state index in [1.54, 1.807) is 18.8 Å². The van der Waals surface area contributed by atoms with Gasteiger partial charge in [0.1, 0.15) is 0 Å². The highest BCUT2D eigenvalue weighted by molar-refractivity contribution is 14.0. The van der Waals surface area contributed by atoms with Crippen molar-refractivity contribution in [3.05, 3.63) is 35.4 Å². The molecule has 0 aromatic heterocycles. The summed E-state index contributed by atoms with van der Waals surface area (Å²) in [4.78, 5) is 4.20. The van der Waals surface area contributed by atoms with Crippen LogP contribution in [-0.2, 0) is 27.1 Å². The van der Waals surface area contributed by atoms with Crippen molar-refractivity contribution < 1.29 is 13.2 Å². The minimum Gasteiger partial charge on any atom is -0.379 e. The number of ether oxygens (including phenoxy) is 1. The number of sulfonamides is 1. The van der Waals surface area contributed by atoms with Crippen LogP contribution in [0.4, 0.5) is 0 Å². The first-order valence-corrected chi connectivity index (χ1v) is 11.6. The molecule has 1 aliphatic heterocycles. The van der Waals surface area contributed by atoms with Gasteiger partial charge in [-0.25, -0.2) is 8.42 Å². The predicted octanol–water partition coefficient (Wildman–Crippen LogP) is 1.49. The Balaban J connectivity index is 0.00000364. The molecule has 0 amide bonds. The number of nitrogens with zero attached hydrogens (tertiary/aromatic N) is 2. The van der Waals surface area contributed by atoms with Crippen molar-refractivity contribution in [2.24, 2.45) is 4.99 Å². The Labute approximate surface area is 183 Å². The van der Waals surface area contributed by atoms with Crippen LogP contribution >= 0.6 is 35.7 Å². The summed E-state index contributed by atoms with van der Waals surface area (Å²) in [5.74, 6) is 1.71. The average molecular weight is 528 g/mol. The van der Waals surface area contributed by atoms with Gasteiger partial charge in [-0.05, 0) is 17.4 Å². The maximum atomic E-state index is 12.7. The molecule has 0 radical (unpaired) electrons. The number of hydrogen-bond donors (Lipinski definition) is 2. The summed E-state index contributed by atoms with van der Waals surface area (Å²) < 4.78 is 32.1. The third-order valence-electron chi connectivity index (χ3n) is 4.09. The molecule has 1 aromatic rings. The van der Waals surface area contributed by atoms with Crippen LogP contribution in [0.3, 0.4) is 0 Å². The zero-order valence-electron chi connectivity index (χ0n) is 15.8. The largest absolute Gasteiger partial charge is 0.379 e. The minimum absolute atomic E-state index is 0. The van der Waals surface area contributed by atoms with Crippen LogP contribution in [0.15, 0.2) is 29.3 Å². The monoisotopic (exact) mass is 528 g/mol. The van der Waals surface area contributed by atoms with Crippen molar-refractivity contribution in [2.45, 2.75) is 12.3 Å². The van der Waals surface area contributed by atoms with Crippen molar-refractivity contribution >= 4 is 51.7 Å². The molecule has 1 saturated heterocycles. The smallest absolute Gasteiger partial charge is 0.218 e. The number of guanidine groups is 1. The molecule has 1 aliphatic rings. The highest BCUT2D eigenvalue weighted by atomic mass is 127. The summed E-state index contributed by atoms with van der Waals surface area (Å²) in [7, 11) is -1.62. The number of hydrogen-bond acceptors (Lipinski definition) is 5. The lowest BCUT2D eigenvalue weighted by molar-refractivity contribution is 0.0729. The molecule has 0 spiro atoms. The molecule has 0 atom stereocenters. The highest BCUT2D eigenvalue weighted by Crippen LogP contribution is 2.16. The summed E-state index contributed by atoms with van der Waals surface area (Å²) in [6.07, 6.45) is 2.06. The van der Waals surface area contributed by atoms with Crippen molar-refractivity contribution in [1.29, 1.82) is 0 Å². The Morgan fingerprint density at radius 1 is 1.22 bits per heavy atom. The quantitative estimate of drug-likeness (QED) is 0.230. The van der Waals surface area contributed by atoms with Gasteiger partial charge in [-0.15, -0.1) is 24.0 Å². The van der Waals surface area contributed by atoms with Gasteiger partial charge in [-0.1, -0.05) is 24.3 Å². The van der Waals surface area contributed by atoms with Crippen molar-refractivity contribution in [1.82, 2.24) is 14.9 Å². The van der Waals surface area contributed by atoms with Crippen molar-refractivity contribution in [3.63, 3.8) is 0 Å². The second-order valence-electron chi connectivity index (χ2n) is 5.88. The topological polar surface area (TPSA) is 83.0 Å². The average Bonchev–Trinajstić information content (AvgIpc) is 2.66. The Morgan fingerprint density at radius 3 is 2.52 bits per heavy atom. The van der Waals surface area contributed by atoms with Gasteiger partial charge in [-0.2, -0.15) is 16.1 Å². The predicted molar refractivity (Wildman–Crippen MR) is 123 cm³/mol. The summed E-state index contributed by atoms with van der Waals surface area (Å²) in [6.45, 7) is 3.12. The molecule has 2 N–H and O–H groups in total. The number of halogens is 1. The molecule has 154 valence electrons. The standard InChI is InChI=1S/C17H28N4O3S2.HI/c1-18-17(19-7-12-25-2)20-13-15-5-3-4-6-16(15)14-26(22,23)21-8-10-24-11-9-21;/h3-6H,7-14H2,1-2H3,(H2,18,19,20);1H. The normalized spacial score (nSPS) is 15.9. The van der Waals surface area contributed by atoms with Crippen LogP contribution in [0.25, 0.3) is 0 Å². The molecule has 0 saturated carbocycles. The van der Waals surface area contributed by atoms with E-state index in [1.165, 1.54) is 4.31 Å². The van der Waals surface area contributed by atoms with Crippen molar-refractivity contribution in [2.75, 3.05) is 51.9 Å². The lowest BCUT2D eigenvalue weighted by atomic mass is 10.1. The van der Waals surface area contributed by atoms with Gasteiger partial charge in [-0.3, -0.25) is 4.99 Å². The Bertz CT molecular complexity index is 695. The lowest BCUT2D eigenvalue weighted by Crippen LogP contribution is -2.41. The number of benzene rings is 1. The van der Waals surface area contributed by atoms with Crippen LogP contribution in [0.5, 0.6) is 0 Å². The van der Waals surface area contributed by atoms with E-state index in [0.717, 1.165) is 23.4 Å². The van der Waals surface area contributed by atoms with Gasteiger partial charge in [0.05, 0.1) is 19.0 Å². The van der Waals surface area contributed by atoms with E-state index in [-0.39, 0.29) is 29.7 Å². The molecule has 0 unspecified atom stereocenters. The molecule has 27 heavy (non-hydrogen) atoms. The third kappa shape index (κ3) is 8.14. The van der Waals surface area contributed by atoms with E-state index in [1.807, 2.05) is 24.3 Å². The number of nitrogens with one attached hydrogen (secondary N) is 2. The summed E-state index contributed by atoms with van der Waals surface area (Å²) >= 11 is 1.77. The first kappa shape index (κ1) is 24.5. The van der Waals surface area contributed by atoms with Gasteiger partial charge in [0, 0.05) is 39.0 Å². The minimum atomic E-state index is -3.34. The van der Waals surface area contributed by atoms with Crippen LogP contribution < -0.4 is 10.6 Å². The summed E-state index contributed by atoms with van der Waals surface area (Å²) in [5.41, 5.74) is 1.77. The van der Waals surface area contributed by atoms with Crippen LogP contribution in [0.2, 0.25) is 0 Å².